The summed E-state index contributed by atoms with van der Waals surface area (Å²) in [5.41, 5.74) is 2.50. The molecule has 3 saturated heterocycles. The number of ether oxygens (including phenoxy) is 1. The SMILES string of the molecule is CC1CCCCN1c1cc(N2CCOCC2)nc(NC(=S)NCc2ccc(N3CCCC3)cc2)n1. The molecule has 1 aromatic carbocycles. The summed E-state index contributed by atoms with van der Waals surface area (Å²) in [5.74, 6) is 2.44. The van der Waals surface area contributed by atoms with E-state index in [0.29, 0.717) is 23.6 Å². The van der Waals surface area contributed by atoms with Crippen molar-refractivity contribution in [3.8, 4) is 0 Å². The van der Waals surface area contributed by atoms with Crippen LogP contribution in [0.5, 0.6) is 0 Å². The molecule has 3 aliphatic rings. The molecule has 1 unspecified atom stereocenters. The van der Waals surface area contributed by atoms with Crippen molar-refractivity contribution < 1.29 is 4.74 Å². The number of morpholine rings is 1. The van der Waals surface area contributed by atoms with Gasteiger partial charge < -0.3 is 30.1 Å². The maximum absolute atomic E-state index is 5.61. The van der Waals surface area contributed by atoms with Crippen LogP contribution in [-0.4, -0.2) is 67.1 Å². The molecule has 35 heavy (non-hydrogen) atoms. The number of hydrogen-bond donors (Lipinski definition) is 2. The highest BCUT2D eigenvalue weighted by molar-refractivity contribution is 7.80. The molecule has 0 amide bonds. The van der Waals surface area contributed by atoms with Crippen LogP contribution in [0.15, 0.2) is 30.3 Å². The van der Waals surface area contributed by atoms with Crippen molar-refractivity contribution in [1.82, 2.24) is 15.3 Å². The van der Waals surface area contributed by atoms with Gasteiger partial charge in [0.2, 0.25) is 5.95 Å². The zero-order valence-electron chi connectivity index (χ0n) is 20.7. The van der Waals surface area contributed by atoms with Gasteiger partial charge in [-0.25, -0.2) is 0 Å². The fraction of sp³-hybridized carbons (Fsp3) is 0.577. The van der Waals surface area contributed by atoms with Gasteiger partial charge in [0.25, 0.3) is 0 Å². The van der Waals surface area contributed by atoms with Crippen LogP contribution in [0.2, 0.25) is 0 Å². The van der Waals surface area contributed by atoms with Crippen LogP contribution in [0.1, 0.15) is 44.6 Å². The fourth-order valence-corrected chi connectivity index (χ4v) is 5.31. The first-order valence-electron chi connectivity index (χ1n) is 13.0. The highest BCUT2D eigenvalue weighted by Crippen LogP contribution is 2.27. The lowest BCUT2D eigenvalue weighted by atomic mass is 10.0. The summed E-state index contributed by atoms with van der Waals surface area (Å²) in [5, 5.41) is 7.10. The summed E-state index contributed by atoms with van der Waals surface area (Å²) < 4.78 is 5.55. The van der Waals surface area contributed by atoms with E-state index in [1.165, 1.54) is 43.4 Å². The number of piperidine rings is 1. The van der Waals surface area contributed by atoms with Crippen LogP contribution in [0.25, 0.3) is 0 Å². The summed E-state index contributed by atoms with van der Waals surface area (Å²) in [4.78, 5) is 16.8. The molecular formula is C26H37N7OS. The van der Waals surface area contributed by atoms with E-state index in [0.717, 1.165) is 57.6 Å². The highest BCUT2D eigenvalue weighted by atomic mass is 32.1. The van der Waals surface area contributed by atoms with Gasteiger partial charge in [-0.2, -0.15) is 9.97 Å². The largest absolute Gasteiger partial charge is 0.378 e. The maximum atomic E-state index is 5.61. The van der Waals surface area contributed by atoms with Crippen LogP contribution >= 0.6 is 12.2 Å². The van der Waals surface area contributed by atoms with Crippen molar-refractivity contribution in [2.75, 3.05) is 66.0 Å². The zero-order valence-corrected chi connectivity index (χ0v) is 21.5. The summed E-state index contributed by atoms with van der Waals surface area (Å²) in [6, 6.07) is 11.4. The average molecular weight is 496 g/mol. The third-order valence-corrected chi connectivity index (χ3v) is 7.46. The number of benzene rings is 1. The first kappa shape index (κ1) is 24.1. The van der Waals surface area contributed by atoms with Gasteiger partial charge in [-0.15, -0.1) is 0 Å². The lowest BCUT2D eigenvalue weighted by Gasteiger charge is -2.35. The minimum atomic E-state index is 0.470. The molecule has 0 saturated carbocycles. The minimum Gasteiger partial charge on any atom is -0.378 e. The van der Waals surface area contributed by atoms with Crippen LogP contribution < -0.4 is 25.3 Å². The Labute approximate surface area is 214 Å². The third-order valence-electron chi connectivity index (χ3n) is 7.22. The quantitative estimate of drug-likeness (QED) is 0.583. The van der Waals surface area contributed by atoms with Crippen molar-refractivity contribution in [3.05, 3.63) is 35.9 Å². The number of anilines is 4. The predicted molar refractivity (Wildman–Crippen MR) is 147 cm³/mol. The standard InChI is InChI=1S/C26H37N7OS/c1-20-6-2-3-13-33(20)24-18-23(32-14-16-34-17-15-32)28-25(29-24)30-26(35)27-19-21-7-9-22(10-8-21)31-11-4-5-12-31/h7-10,18,20H,2-6,11-17,19H2,1H3,(H2,27,28,29,30,35). The smallest absolute Gasteiger partial charge is 0.232 e. The summed E-state index contributed by atoms with van der Waals surface area (Å²) in [7, 11) is 0. The Kier molecular flexibility index (Phi) is 7.83. The van der Waals surface area contributed by atoms with Crippen molar-refractivity contribution in [2.24, 2.45) is 0 Å². The van der Waals surface area contributed by atoms with Gasteiger partial charge in [-0.05, 0) is 68.9 Å². The number of nitrogens with zero attached hydrogens (tertiary/aromatic N) is 5. The Morgan fingerprint density at radius 1 is 0.943 bits per heavy atom. The second-order valence-electron chi connectivity index (χ2n) is 9.71. The molecule has 0 spiro atoms. The Bertz CT molecular complexity index is 990. The van der Waals surface area contributed by atoms with Crippen molar-refractivity contribution >= 4 is 40.6 Å². The molecule has 188 valence electrons. The Morgan fingerprint density at radius 3 is 2.40 bits per heavy atom. The lowest BCUT2D eigenvalue weighted by molar-refractivity contribution is 0.122. The molecule has 2 aromatic rings. The highest BCUT2D eigenvalue weighted by Gasteiger charge is 2.23. The first-order valence-corrected chi connectivity index (χ1v) is 13.4. The van der Waals surface area contributed by atoms with Crippen LogP contribution in [0.4, 0.5) is 23.3 Å². The van der Waals surface area contributed by atoms with Gasteiger partial charge in [0.05, 0.1) is 13.2 Å². The molecular weight excluding hydrogens is 458 g/mol. The predicted octanol–water partition coefficient (Wildman–Crippen LogP) is 3.78. The monoisotopic (exact) mass is 495 g/mol. The number of hydrogen-bond acceptors (Lipinski definition) is 7. The normalized spacial score (nSPS) is 20.7. The Hall–Kier alpha value is -2.65. The molecule has 1 atom stereocenters. The number of aromatic nitrogens is 2. The molecule has 9 heteroatoms. The van der Waals surface area contributed by atoms with E-state index in [9.17, 15) is 0 Å². The van der Waals surface area contributed by atoms with Gasteiger partial charge in [-0.1, -0.05) is 12.1 Å². The molecule has 0 bridgehead atoms. The van der Waals surface area contributed by atoms with E-state index in [1.807, 2.05) is 0 Å². The van der Waals surface area contributed by atoms with Gasteiger partial charge >= 0.3 is 0 Å². The topological polar surface area (TPSA) is 68.8 Å². The van der Waals surface area contributed by atoms with Gasteiger partial charge in [-0.3, -0.25) is 0 Å². The van der Waals surface area contributed by atoms with Crippen LogP contribution in [-0.2, 0) is 11.3 Å². The van der Waals surface area contributed by atoms with E-state index in [1.54, 1.807) is 0 Å². The summed E-state index contributed by atoms with van der Waals surface area (Å²) >= 11 is 5.61. The van der Waals surface area contributed by atoms with E-state index in [4.69, 9.17) is 26.9 Å². The third kappa shape index (κ3) is 6.13. The minimum absolute atomic E-state index is 0.470. The number of nitrogens with one attached hydrogen (secondary N) is 2. The van der Waals surface area contributed by atoms with E-state index < -0.39 is 0 Å². The number of rotatable bonds is 6. The molecule has 3 aliphatic heterocycles. The van der Waals surface area contributed by atoms with Crippen molar-refractivity contribution in [1.29, 1.82) is 0 Å². The van der Waals surface area contributed by atoms with Crippen LogP contribution in [0, 0.1) is 0 Å². The number of thiocarbonyl (C=S) groups is 1. The molecule has 4 heterocycles. The molecule has 2 N–H and O–H groups in total. The molecule has 0 radical (unpaired) electrons. The Balaban J connectivity index is 1.25. The van der Waals surface area contributed by atoms with E-state index in [2.05, 4.69) is 62.6 Å². The lowest BCUT2D eigenvalue weighted by Crippen LogP contribution is -2.40. The van der Waals surface area contributed by atoms with Gasteiger partial charge in [0.1, 0.15) is 11.6 Å². The fourth-order valence-electron chi connectivity index (χ4n) is 5.15. The summed E-state index contributed by atoms with van der Waals surface area (Å²) in [6.07, 6.45) is 6.24. The molecule has 1 aromatic heterocycles. The average Bonchev–Trinajstić information content (AvgIpc) is 3.44. The first-order chi connectivity index (χ1) is 17.2. The van der Waals surface area contributed by atoms with Crippen LogP contribution in [0.3, 0.4) is 0 Å². The zero-order chi connectivity index (χ0) is 24.0. The molecule has 8 nitrogen and oxygen atoms in total. The molecule has 5 rings (SSSR count). The Morgan fingerprint density at radius 2 is 1.66 bits per heavy atom. The second kappa shape index (κ2) is 11.4. The maximum Gasteiger partial charge on any atom is 0.232 e. The van der Waals surface area contributed by atoms with Gasteiger partial charge in [0.15, 0.2) is 5.11 Å². The molecule has 0 aliphatic carbocycles. The van der Waals surface area contributed by atoms with Crippen molar-refractivity contribution in [2.45, 2.75) is 51.6 Å². The molecule has 3 fully saturated rings. The van der Waals surface area contributed by atoms with Crippen molar-refractivity contribution in [3.63, 3.8) is 0 Å². The van der Waals surface area contributed by atoms with E-state index in [-0.39, 0.29) is 0 Å². The second-order valence-corrected chi connectivity index (χ2v) is 10.1. The van der Waals surface area contributed by atoms with E-state index >= 15 is 0 Å². The van der Waals surface area contributed by atoms with Gasteiger partial charge in [0, 0.05) is 57.1 Å². The summed E-state index contributed by atoms with van der Waals surface area (Å²) in [6.45, 7) is 9.40.